The van der Waals surface area contributed by atoms with Crippen LogP contribution in [0.1, 0.15) is 13.3 Å². The first-order chi connectivity index (χ1) is 10.2. The summed E-state index contributed by atoms with van der Waals surface area (Å²) in [7, 11) is 0. The minimum atomic E-state index is -1.51. The van der Waals surface area contributed by atoms with Gasteiger partial charge in [0, 0.05) is 0 Å². The number of hydrogen-bond donors (Lipinski definition) is 0. The molecule has 8 heteroatoms. The van der Waals surface area contributed by atoms with E-state index in [0.717, 1.165) is 0 Å². The number of Topliss-reactive ketones (excluding diaryl/α,β-unsaturated/α-hetero) is 1. The van der Waals surface area contributed by atoms with Crippen LogP contribution in [0.5, 0.6) is 0 Å². The van der Waals surface area contributed by atoms with Crippen molar-refractivity contribution in [3.63, 3.8) is 0 Å². The Morgan fingerprint density at radius 2 is 1.64 bits per heavy atom. The number of ether oxygens (including phenoxy) is 1. The van der Waals surface area contributed by atoms with Gasteiger partial charge >= 0.3 is 11.9 Å². The molecule has 4 nitrogen and oxygen atoms in total. The summed E-state index contributed by atoms with van der Waals surface area (Å²) in [4.78, 5) is 33.6. The molecule has 0 spiro atoms. The highest BCUT2D eigenvalue weighted by atomic mass is 35.5. The number of carbonyl (C=O) groups excluding carboxylic acids is 3. The van der Waals surface area contributed by atoms with E-state index in [1.54, 1.807) is 6.92 Å². The third-order valence-electron chi connectivity index (χ3n) is 5.75. The van der Waals surface area contributed by atoms with Crippen molar-refractivity contribution in [2.24, 2.45) is 29.6 Å². The number of rotatable bonds is 0. The molecule has 0 N–H and O–H groups in total. The molecule has 1 heterocycles. The zero-order valence-corrected chi connectivity index (χ0v) is 14.3. The molecule has 4 rings (SSSR count). The number of ketones is 1. The second kappa shape index (κ2) is 4.21. The number of hydrogen-bond acceptors (Lipinski definition) is 4. The lowest BCUT2D eigenvalue weighted by atomic mass is 9.60. The zero-order valence-electron chi connectivity index (χ0n) is 11.2. The molecular weight excluding hydrogens is 374 g/mol. The standard InChI is InChI=1S/C14H10Cl4O4/c1-3-6-4(10(19)22-11(6)20)2-5-7(3)14(18)9(16)8(15)13(5,17)12(14)21/h3-7H,2H2,1H3. The lowest BCUT2D eigenvalue weighted by molar-refractivity contribution is -0.154. The van der Waals surface area contributed by atoms with E-state index in [0.29, 0.717) is 0 Å². The molecule has 7 unspecified atom stereocenters. The Morgan fingerprint density at radius 3 is 2.27 bits per heavy atom. The highest BCUT2D eigenvalue weighted by molar-refractivity contribution is 6.62. The van der Waals surface area contributed by atoms with Gasteiger partial charge in [-0.3, -0.25) is 14.4 Å². The average molecular weight is 384 g/mol. The molecule has 22 heavy (non-hydrogen) atoms. The SMILES string of the molecule is CC1C2C(=O)OC(=O)C2CC2C1C1(Cl)C(=O)C2(Cl)C(Cl)=C1Cl. The summed E-state index contributed by atoms with van der Waals surface area (Å²) in [5.41, 5.74) is 0. The summed E-state index contributed by atoms with van der Waals surface area (Å²) in [5, 5.41) is 0.0838. The highest BCUT2D eigenvalue weighted by Gasteiger charge is 2.78. The third-order valence-corrected chi connectivity index (χ3v) is 8.26. The molecule has 4 aliphatic rings. The number of cyclic esters (lactones) is 2. The van der Waals surface area contributed by atoms with Crippen LogP contribution in [0.2, 0.25) is 0 Å². The number of esters is 2. The van der Waals surface area contributed by atoms with Crippen LogP contribution in [0.4, 0.5) is 0 Å². The maximum absolute atomic E-state index is 12.8. The first-order valence-electron chi connectivity index (χ1n) is 6.91. The largest absolute Gasteiger partial charge is 0.393 e. The van der Waals surface area contributed by atoms with Gasteiger partial charge < -0.3 is 4.74 Å². The molecule has 0 radical (unpaired) electrons. The molecular formula is C14H10Cl4O4. The second-order valence-electron chi connectivity index (χ2n) is 6.48. The van der Waals surface area contributed by atoms with E-state index < -0.39 is 51.1 Å². The summed E-state index contributed by atoms with van der Waals surface area (Å²) in [6.07, 6.45) is 0.244. The fourth-order valence-electron chi connectivity index (χ4n) is 4.85. The molecule has 0 aromatic rings. The molecule has 1 aliphatic heterocycles. The van der Waals surface area contributed by atoms with Gasteiger partial charge in [-0.2, -0.15) is 0 Å². The van der Waals surface area contributed by atoms with E-state index >= 15 is 0 Å². The van der Waals surface area contributed by atoms with Crippen LogP contribution < -0.4 is 0 Å². The van der Waals surface area contributed by atoms with E-state index in [1.165, 1.54) is 0 Å². The quantitative estimate of drug-likeness (QED) is 0.366. The predicted molar refractivity (Wildman–Crippen MR) is 79.7 cm³/mol. The number of allylic oxidation sites excluding steroid dienone is 2. The van der Waals surface area contributed by atoms with Gasteiger partial charge in [0.2, 0.25) is 0 Å². The fraction of sp³-hybridized carbons (Fsp3) is 0.643. The first kappa shape index (κ1) is 15.3. The van der Waals surface area contributed by atoms with Crippen LogP contribution in [0.3, 0.4) is 0 Å². The Morgan fingerprint density at radius 1 is 1.05 bits per heavy atom. The van der Waals surface area contributed by atoms with Crippen LogP contribution in [0.25, 0.3) is 0 Å². The Hall–Kier alpha value is -0.290. The van der Waals surface area contributed by atoms with Gasteiger partial charge in [0.1, 0.15) is 9.75 Å². The predicted octanol–water partition coefficient (Wildman–Crippen LogP) is 2.82. The van der Waals surface area contributed by atoms with Crippen molar-refractivity contribution < 1.29 is 19.1 Å². The van der Waals surface area contributed by atoms with Gasteiger partial charge in [-0.25, -0.2) is 0 Å². The maximum Gasteiger partial charge on any atom is 0.317 e. The highest BCUT2D eigenvalue weighted by Crippen LogP contribution is 2.71. The van der Waals surface area contributed by atoms with Crippen LogP contribution in [0.15, 0.2) is 10.1 Å². The Labute approximate surface area is 146 Å². The van der Waals surface area contributed by atoms with Crippen molar-refractivity contribution in [3.8, 4) is 0 Å². The lowest BCUT2D eigenvalue weighted by Crippen LogP contribution is -2.49. The van der Waals surface area contributed by atoms with E-state index in [-0.39, 0.29) is 22.4 Å². The Kier molecular flexibility index (Phi) is 2.92. The third kappa shape index (κ3) is 1.34. The van der Waals surface area contributed by atoms with Crippen LogP contribution in [-0.4, -0.2) is 27.5 Å². The summed E-state index contributed by atoms with van der Waals surface area (Å²) in [6.45, 7) is 1.78. The molecule has 3 aliphatic carbocycles. The van der Waals surface area contributed by atoms with Gasteiger partial charge in [0.15, 0.2) is 5.78 Å². The second-order valence-corrected chi connectivity index (χ2v) is 8.43. The lowest BCUT2D eigenvalue weighted by Gasteiger charge is -2.45. The molecule has 0 aromatic carbocycles. The topological polar surface area (TPSA) is 60.4 Å². The smallest absolute Gasteiger partial charge is 0.317 e. The van der Waals surface area contributed by atoms with Crippen molar-refractivity contribution in [1.82, 2.24) is 0 Å². The van der Waals surface area contributed by atoms with E-state index in [4.69, 9.17) is 51.1 Å². The van der Waals surface area contributed by atoms with Gasteiger partial charge in [0.05, 0.1) is 21.9 Å². The van der Waals surface area contributed by atoms with Gasteiger partial charge in [-0.15, -0.1) is 23.2 Å². The van der Waals surface area contributed by atoms with Gasteiger partial charge in [-0.05, 0) is 24.2 Å². The van der Waals surface area contributed by atoms with Crippen molar-refractivity contribution in [2.45, 2.75) is 23.1 Å². The number of carbonyl (C=O) groups is 3. The van der Waals surface area contributed by atoms with Crippen molar-refractivity contribution in [1.29, 1.82) is 0 Å². The minimum Gasteiger partial charge on any atom is -0.393 e. The zero-order chi connectivity index (χ0) is 16.2. The summed E-state index contributed by atoms with van der Waals surface area (Å²) in [5.74, 6) is -4.03. The maximum atomic E-state index is 12.8. The van der Waals surface area contributed by atoms with Crippen molar-refractivity contribution >= 4 is 64.1 Å². The van der Waals surface area contributed by atoms with Crippen LogP contribution in [0, 0.1) is 29.6 Å². The van der Waals surface area contributed by atoms with Crippen LogP contribution in [-0.2, 0) is 19.1 Å². The molecule has 118 valence electrons. The first-order valence-corrected chi connectivity index (χ1v) is 8.42. The van der Waals surface area contributed by atoms with E-state index in [2.05, 4.69) is 0 Å². The molecule has 3 fully saturated rings. The normalized spacial score (nSPS) is 53.0. The minimum absolute atomic E-state index is 0.0417. The summed E-state index contributed by atoms with van der Waals surface area (Å²) in [6, 6.07) is 0. The number of fused-ring (bicyclic) bond motifs is 6. The molecule has 2 saturated carbocycles. The summed E-state index contributed by atoms with van der Waals surface area (Å²) < 4.78 is 4.75. The molecule has 2 bridgehead atoms. The summed E-state index contributed by atoms with van der Waals surface area (Å²) >= 11 is 25.5. The monoisotopic (exact) mass is 382 g/mol. The van der Waals surface area contributed by atoms with Gasteiger partial charge in [-0.1, -0.05) is 30.1 Å². The molecule has 0 aromatic heterocycles. The van der Waals surface area contributed by atoms with Crippen LogP contribution >= 0.6 is 46.4 Å². The average Bonchev–Trinajstić information content (AvgIpc) is 2.89. The van der Waals surface area contributed by atoms with E-state index in [1.807, 2.05) is 0 Å². The number of alkyl halides is 2. The van der Waals surface area contributed by atoms with E-state index in [9.17, 15) is 14.4 Å². The van der Waals surface area contributed by atoms with Gasteiger partial charge in [0.25, 0.3) is 0 Å². The van der Waals surface area contributed by atoms with Crippen molar-refractivity contribution in [2.75, 3.05) is 0 Å². The Bertz CT molecular complexity index is 688. The molecule has 1 saturated heterocycles. The van der Waals surface area contributed by atoms with Crippen molar-refractivity contribution in [3.05, 3.63) is 10.1 Å². The number of halogens is 4. The molecule has 0 amide bonds. The Balaban J connectivity index is 1.90. The molecule has 7 atom stereocenters. The fourth-order valence-corrected chi connectivity index (χ4v) is 6.79.